The molecule has 0 aliphatic rings. The molecule has 20 heavy (non-hydrogen) atoms. The van der Waals surface area contributed by atoms with E-state index in [1.807, 2.05) is 13.8 Å². The average molecular weight is 271 g/mol. The predicted molar refractivity (Wildman–Crippen MR) is 82.3 cm³/mol. The Labute approximate surface area is 119 Å². The fourth-order valence-corrected chi connectivity index (χ4v) is 2.44. The van der Waals surface area contributed by atoms with Crippen molar-refractivity contribution in [1.82, 2.24) is 9.97 Å². The normalized spacial score (nSPS) is 12.2. The first kappa shape index (κ1) is 14.3. The van der Waals surface area contributed by atoms with E-state index in [1.54, 1.807) is 6.92 Å². The Morgan fingerprint density at radius 3 is 2.55 bits per heavy atom. The number of aromatic amines is 1. The smallest absolute Gasteiger partial charge is 0.256 e. The third-order valence-electron chi connectivity index (χ3n) is 3.46. The summed E-state index contributed by atoms with van der Waals surface area (Å²) in [7, 11) is 0. The van der Waals surface area contributed by atoms with Crippen LogP contribution in [0.2, 0.25) is 0 Å². The van der Waals surface area contributed by atoms with Crippen molar-refractivity contribution >= 4 is 5.69 Å². The summed E-state index contributed by atoms with van der Waals surface area (Å²) in [6.45, 7) is 9.76. The maximum absolute atomic E-state index is 12.1. The number of hydrogen-bond acceptors (Lipinski definition) is 3. The van der Waals surface area contributed by atoms with Crippen LogP contribution in [0.3, 0.4) is 0 Å². The van der Waals surface area contributed by atoms with Crippen LogP contribution < -0.4 is 10.9 Å². The summed E-state index contributed by atoms with van der Waals surface area (Å²) in [6, 6.07) is 6.16. The largest absolute Gasteiger partial charge is 0.378 e. The van der Waals surface area contributed by atoms with E-state index in [0.29, 0.717) is 11.4 Å². The molecule has 1 unspecified atom stereocenters. The van der Waals surface area contributed by atoms with Gasteiger partial charge in [-0.25, -0.2) is 4.98 Å². The number of aryl methyl sites for hydroxylation is 4. The molecule has 1 heterocycles. The molecular weight excluding hydrogens is 250 g/mol. The van der Waals surface area contributed by atoms with Crippen molar-refractivity contribution < 1.29 is 0 Å². The second-order valence-electron chi connectivity index (χ2n) is 5.33. The number of nitrogens with zero attached hydrogens (tertiary/aromatic N) is 1. The second kappa shape index (κ2) is 5.49. The van der Waals surface area contributed by atoms with Crippen LogP contribution in [-0.4, -0.2) is 9.97 Å². The van der Waals surface area contributed by atoms with Crippen molar-refractivity contribution in [2.45, 2.75) is 40.7 Å². The van der Waals surface area contributed by atoms with E-state index < -0.39 is 0 Å². The van der Waals surface area contributed by atoms with E-state index in [1.165, 1.54) is 5.56 Å². The molecule has 4 heteroatoms. The van der Waals surface area contributed by atoms with E-state index in [2.05, 4.69) is 47.3 Å². The van der Waals surface area contributed by atoms with E-state index in [4.69, 9.17) is 0 Å². The lowest BCUT2D eigenvalue weighted by molar-refractivity contribution is 0.812. The van der Waals surface area contributed by atoms with Crippen LogP contribution in [0.4, 0.5) is 5.69 Å². The molecule has 106 valence electrons. The molecule has 0 fully saturated rings. The fraction of sp³-hybridized carbons (Fsp3) is 0.375. The lowest BCUT2D eigenvalue weighted by Gasteiger charge is -2.18. The lowest BCUT2D eigenvalue weighted by Crippen LogP contribution is -2.23. The minimum absolute atomic E-state index is 0.0692. The SMILES string of the molecule is Cc1ccc(C)c(NC(C)c2c(C)nc(C)[nH]c2=O)c1. The Hall–Kier alpha value is -2.10. The minimum atomic E-state index is -0.0904. The first-order chi connectivity index (χ1) is 9.38. The van der Waals surface area contributed by atoms with Gasteiger partial charge in [-0.2, -0.15) is 0 Å². The van der Waals surface area contributed by atoms with Gasteiger partial charge in [0.25, 0.3) is 5.56 Å². The highest BCUT2D eigenvalue weighted by molar-refractivity contribution is 5.53. The standard InChI is InChI=1S/C16H21N3O/c1-9-6-7-10(2)14(8-9)18-12(4)15-11(3)17-13(5)19-16(15)20/h6-8,12,18H,1-5H3,(H,17,19,20). The van der Waals surface area contributed by atoms with Gasteiger partial charge in [0.15, 0.2) is 0 Å². The second-order valence-corrected chi connectivity index (χ2v) is 5.33. The topological polar surface area (TPSA) is 57.8 Å². The van der Waals surface area contributed by atoms with Crippen molar-refractivity contribution in [3.8, 4) is 0 Å². The highest BCUT2D eigenvalue weighted by Gasteiger charge is 2.15. The number of hydrogen-bond donors (Lipinski definition) is 2. The predicted octanol–water partition coefficient (Wildman–Crippen LogP) is 3.18. The Kier molecular flexibility index (Phi) is 3.93. The van der Waals surface area contributed by atoms with Crippen molar-refractivity contribution in [1.29, 1.82) is 0 Å². The molecule has 0 amide bonds. The van der Waals surface area contributed by atoms with E-state index in [9.17, 15) is 4.79 Å². The molecule has 1 atom stereocenters. The summed E-state index contributed by atoms with van der Waals surface area (Å²) in [5, 5.41) is 3.41. The quantitative estimate of drug-likeness (QED) is 0.901. The van der Waals surface area contributed by atoms with Gasteiger partial charge in [0.1, 0.15) is 5.82 Å². The van der Waals surface area contributed by atoms with Gasteiger partial charge in [-0.3, -0.25) is 4.79 Å². The Bertz CT molecular complexity index is 689. The molecule has 0 aliphatic carbocycles. The van der Waals surface area contributed by atoms with Gasteiger partial charge < -0.3 is 10.3 Å². The zero-order valence-corrected chi connectivity index (χ0v) is 12.7. The minimum Gasteiger partial charge on any atom is -0.378 e. The molecular formula is C16H21N3O. The molecule has 0 radical (unpaired) electrons. The van der Waals surface area contributed by atoms with Gasteiger partial charge in [0.05, 0.1) is 17.3 Å². The molecule has 0 spiro atoms. The monoisotopic (exact) mass is 271 g/mol. The van der Waals surface area contributed by atoms with Crippen molar-refractivity contribution in [2.75, 3.05) is 5.32 Å². The molecule has 2 N–H and O–H groups in total. The third kappa shape index (κ3) is 2.90. The number of nitrogens with one attached hydrogen (secondary N) is 2. The number of H-pyrrole nitrogens is 1. The van der Waals surface area contributed by atoms with Crippen molar-refractivity contribution in [2.24, 2.45) is 0 Å². The number of aromatic nitrogens is 2. The zero-order chi connectivity index (χ0) is 14.9. The first-order valence-electron chi connectivity index (χ1n) is 6.79. The van der Waals surface area contributed by atoms with Crippen LogP contribution >= 0.6 is 0 Å². The molecule has 2 rings (SSSR count). The fourth-order valence-electron chi connectivity index (χ4n) is 2.44. The molecule has 0 aliphatic heterocycles. The van der Waals surface area contributed by atoms with E-state index in [-0.39, 0.29) is 11.6 Å². The molecule has 4 nitrogen and oxygen atoms in total. The highest BCUT2D eigenvalue weighted by atomic mass is 16.1. The van der Waals surface area contributed by atoms with Crippen LogP contribution in [0, 0.1) is 27.7 Å². The highest BCUT2D eigenvalue weighted by Crippen LogP contribution is 2.22. The van der Waals surface area contributed by atoms with E-state index >= 15 is 0 Å². The Morgan fingerprint density at radius 1 is 1.20 bits per heavy atom. The average Bonchev–Trinajstić information content (AvgIpc) is 2.32. The first-order valence-corrected chi connectivity index (χ1v) is 6.79. The third-order valence-corrected chi connectivity index (χ3v) is 3.46. The maximum atomic E-state index is 12.1. The Balaban J connectivity index is 2.36. The number of rotatable bonds is 3. The Morgan fingerprint density at radius 2 is 1.90 bits per heavy atom. The summed E-state index contributed by atoms with van der Waals surface area (Å²) < 4.78 is 0. The van der Waals surface area contributed by atoms with Crippen molar-refractivity contribution in [3.63, 3.8) is 0 Å². The van der Waals surface area contributed by atoms with Crippen LogP contribution in [0.15, 0.2) is 23.0 Å². The maximum Gasteiger partial charge on any atom is 0.256 e. The lowest BCUT2D eigenvalue weighted by atomic mass is 10.1. The molecule has 0 saturated heterocycles. The summed E-state index contributed by atoms with van der Waals surface area (Å²) in [5.74, 6) is 0.648. The summed E-state index contributed by atoms with van der Waals surface area (Å²) in [6.07, 6.45) is 0. The van der Waals surface area contributed by atoms with Gasteiger partial charge >= 0.3 is 0 Å². The van der Waals surface area contributed by atoms with Gasteiger partial charge in [-0.05, 0) is 51.8 Å². The molecule has 1 aromatic carbocycles. The molecule has 1 aromatic heterocycles. The molecule has 2 aromatic rings. The summed E-state index contributed by atoms with van der Waals surface area (Å²) in [5.41, 5.74) is 4.81. The molecule has 0 saturated carbocycles. The summed E-state index contributed by atoms with van der Waals surface area (Å²) in [4.78, 5) is 19.2. The molecule has 0 bridgehead atoms. The van der Waals surface area contributed by atoms with Gasteiger partial charge in [-0.15, -0.1) is 0 Å². The van der Waals surface area contributed by atoms with Crippen LogP contribution in [0.1, 0.15) is 41.2 Å². The van der Waals surface area contributed by atoms with Gasteiger partial charge in [-0.1, -0.05) is 12.1 Å². The van der Waals surface area contributed by atoms with Crippen LogP contribution in [-0.2, 0) is 0 Å². The zero-order valence-electron chi connectivity index (χ0n) is 12.7. The van der Waals surface area contributed by atoms with Gasteiger partial charge in [0.2, 0.25) is 0 Å². The summed E-state index contributed by atoms with van der Waals surface area (Å²) >= 11 is 0. The van der Waals surface area contributed by atoms with E-state index in [0.717, 1.165) is 16.9 Å². The number of benzene rings is 1. The van der Waals surface area contributed by atoms with Gasteiger partial charge in [0, 0.05) is 5.69 Å². The number of anilines is 1. The van der Waals surface area contributed by atoms with Crippen molar-refractivity contribution in [3.05, 3.63) is 56.8 Å². The van der Waals surface area contributed by atoms with Crippen LogP contribution in [0.25, 0.3) is 0 Å². The van der Waals surface area contributed by atoms with Crippen LogP contribution in [0.5, 0.6) is 0 Å².